The van der Waals surface area contributed by atoms with E-state index in [2.05, 4.69) is 53.2 Å². The van der Waals surface area contributed by atoms with Crippen LogP contribution in [0.5, 0.6) is 0 Å². The van der Waals surface area contributed by atoms with Gasteiger partial charge in [0.25, 0.3) is 0 Å². The molecule has 0 radical (unpaired) electrons. The zero-order chi connectivity index (χ0) is 13.1. The van der Waals surface area contributed by atoms with Crippen LogP contribution in [0, 0.1) is 5.92 Å². The molecule has 0 amide bonds. The third-order valence-electron chi connectivity index (χ3n) is 3.55. The van der Waals surface area contributed by atoms with Gasteiger partial charge in [-0.2, -0.15) is 0 Å². The predicted molar refractivity (Wildman–Crippen MR) is 85.4 cm³/mol. The molecule has 1 atom stereocenters. The van der Waals surface area contributed by atoms with E-state index in [4.69, 9.17) is 0 Å². The van der Waals surface area contributed by atoms with Crippen molar-refractivity contribution in [2.24, 2.45) is 5.92 Å². The number of rotatable bonds is 10. The number of hydrogen-bond donors (Lipinski definition) is 0. The second-order valence-electron chi connectivity index (χ2n) is 5.27. The summed E-state index contributed by atoms with van der Waals surface area (Å²) in [5, 5.41) is 1.14. The molecular formula is C17H27Br. The summed E-state index contributed by atoms with van der Waals surface area (Å²) in [4.78, 5) is 0. The van der Waals surface area contributed by atoms with E-state index >= 15 is 0 Å². The number of benzene rings is 1. The van der Waals surface area contributed by atoms with Gasteiger partial charge in [0.15, 0.2) is 0 Å². The Kier molecular flexibility index (Phi) is 9.28. The van der Waals surface area contributed by atoms with E-state index in [1.165, 1.54) is 56.9 Å². The fraction of sp³-hybridized carbons (Fsp3) is 0.647. The molecule has 0 bridgehead atoms. The monoisotopic (exact) mass is 310 g/mol. The topological polar surface area (TPSA) is 0 Å². The minimum absolute atomic E-state index is 0.804. The third kappa shape index (κ3) is 7.20. The van der Waals surface area contributed by atoms with Crippen LogP contribution in [0.1, 0.15) is 57.4 Å². The van der Waals surface area contributed by atoms with Crippen LogP contribution in [0.2, 0.25) is 0 Å². The molecule has 0 spiro atoms. The van der Waals surface area contributed by atoms with Crippen LogP contribution >= 0.6 is 15.9 Å². The Hall–Kier alpha value is -0.300. The summed E-state index contributed by atoms with van der Waals surface area (Å²) >= 11 is 3.67. The minimum Gasteiger partial charge on any atom is -0.0925 e. The maximum absolute atomic E-state index is 3.67. The Bertz CT molecular complexity index is 281. The molecule has 0 aromatic heterocycles. The average molecular weight is 311 g/mol. The summed E-state index contributed by atoms with van der Waals surface area (Å²) in [5.74, 6) is 0.804. The van der Waals surface area contributed by atoms with E-state index in [0.717, 1.165) is 11.2 Å². The molecule has 1 rings (SSSR count). The van der Waals surface area contributed by atoms with Crippen molar-refractivity contribution in [3.63, 3.8) is 0 Å². The molecular weight excluding hydrogens is 284 g/mol. The second kappa shape index (κ2) is 10.6. The number of alkyl halides is 1. The molecule has 1 aromatic rings. The summed E-state index contributed by atoms with van der Waals surface area (Å²) in [6, 6.07) is 10.9. The molecule has 18 heavy (non-hydrogen) atoms. The lowest BCUT2D eigenvalue weighted by molar-refractivity contribution is 0.489. The van der Waals surface area contributed by atoms with Gasteiger partial charge in [-0.15, -0.1) is 0 Å². The van der Waals surface area contributed by atoms with Crippen LogP contribution in [0.15, 0.2) is 30.3 Å². The van der Waals surface area contributed by atoms with Crippen molar-refractivity contribution in [2.75, 3.05) is 5.33 Å². The van der Waals surface area contributed by atoms with Crippen LogP contribution in [-0.2, 0) is 6.42 Å². The number of hydrogen-bond acceptors (Lipinski definition) is 0. The van der Waals surface area contributed by atoms with Crippen molar-refractivity contribution >= 4 is 15.9 Å². The summed E-state index contributed by atoms with van der Waals surface area (Å²) in [6.07, 6.45) is 11.0. The van der Waals surface area contributed by atoms with Gasteiger partial charge >= 0.3 is 0 Å². The van der Waals surface area contributed by atoms with Crippen LogP contribution < -0.4 is 0 Å². The maximum Gasteiger partial charge on any atom is 0.00628 e. The number of unbranched alkanes of at least 4 members (excludes halogenated alkanes) is 5. The van der Waals surface area contributed by atoms with Gasteiger partial charge in [-0.3, -0.25) is 0 Å². The van der Waals surface area contributed by atoms with E-state index < -0.39 is 0 Å². The van der Waals surface area contributed by atoms with Crippen molar-refractivity contribution in [2.45, 2.75) is 58.3 Å². The highest BCUT2D eigenvalue weighted by Crippen LogP contribution is 2.18. The van der Waals surface area contributed by atoms with E-state index in [1.54, 1.807) is 0 Å². The Morgan fingerprint density at radius 2 is 1.61 bits per heavy atom. The molecule has 1 heteroatoms. The lowest BCUT2D eigenvalue weighted by atomic mass is 9.95. The molecule has 0 fully saturated rings. The Balaban J connectivity index is 2.14. The highest BCUT2D eigenvalue weighted by Gasteiger charge is 2.07. The lowest BCUT2D eigenvalue weighted by Gasteiger charge is -2.13. The van der Waals surface area contributed by atoms with E-state index in [0.29, 0.717) is 0 Å². The summed E-state index contributed by atoms with van der Waals surface area (Å²) in [5.41, 5.74) is 1.48. The molecule has 0 aliphatic heterocycles. The first-order chi connectivity index (χ1) is 8.86. The fourth-order valence-electron chi connectivity index (χ4n) is 2.39. The SMILES string of the molecule is CCCCCCCCC(CBr)Cc1ccccc1. The normalized spacial score (nSPS) is 12.6. The first-order valence-electron chi connectivity index (χ1n) is 7.46. The van der Waals surface area contributed by atoms with Crippen molar-refractivity contribution in [1.82, 2.24) is 0 Å². The molecule has 0 nitrogen and oxygen atoms in total. The van der Waals surface area contributed by atoms with Crippen molar-refractivity contribution in [3.8, 4) is 0 Å². The zero-order valence-corrected chi connectivity index (χ0v) is 13.3. The van der Waals surface area contributed by atoms with Gasteiger partial charge in [-0.25, -0.2) is 0 Å². The zero-order valence-electron chi connectivity index (χ0n) is 11.7. The van der Waals surface area contributed by atoms with Gasteiger partial charge in [0, 0.05) is 5.33 Å². The molecule has 0 aliphatic rings. The van der Waals surface area contributed by atoms with Crippen molar-refractivity contribution < 1.29 is 0 Å². The Morgan fingerprint density at radius 3 is 2.28 bits per heavy atom. The van der Waals surface area contributed by atoms with Crippen molar-refractivity contribution in [1.29, 1.82) is 0 Å². The van der Waals surface area contributed by atoms with Gasteiger partial charge in [-0.05, 0) is 24.3 Å². The first-order valence-corrected chi connectivity index (χ1v) is 8.58. The molecule has 102 valence electrons. The predicted octanol–water partition coefficient (Wildman–Crippen LogP) is 5.99. The van der Waals surface area contributed by atoms with Crippen LogP contribution in [-0.4, -0.2) is 5.33 Å². The minimum atomic E-state index is 0.804. The van der Waals surface area contributed by atoms with Gasteiger partial charge in [0.1, 0.15) is 0 Å². The highest BCUT2D eigenvalue weighted by molar-refractivity contribution is 9.09. The van der Waals surface area contributed by atoms with E-state index in [9.17, 15) is 0 Å². The van der Waals surface area contributed by atoms with Crippen molar-refractivity contribution in [3.05, 3.63) is 35.9 Å². The van der Waals surface area contributed by atoms with Gasteiger partial charge in [-0.1, -0.05) is 91.7 Å². The quantitative estimate of drug-likeness (QED) is 0.368. The largest absolute Gasteiger partial charge is 0.0925 e. The molecule has 0 heterocycles. The van der Waals surface area contributed by atoms with E-state index in [1.807, 2.05) is 0 Å². The Labute approximate surface area is 121 Å². The molecule has 0 N–H and O–H groups in total. The average Bonchev–Trinajstić information content (AvgIpc) is 2.42. The maximum atomic E-state index is 3.67. The summed E-state index contributed by atoms with van der Waals surface area (Å²) in [7, 11) is 0. The molecule has 1 unspecified atom stereocenters. The first kappa shape index (κ1) is 15.8. The van der Waals surface area contributed by atoms with Gasteiger partial charge in [0.2, 0.25) is 0 Å². The number of halogens is 1. The summed E-state index contributed by atoms with van der Waals surface area (Å²) < 4.78 is 0. The van der Waals surface area contributed by atoms with Gasteiger partial charge in [0.05, 0.1) is 0 Å². The molecule has 1 aromatic carbocycles. The molecule has 0 saturated carbocycles. The van der Waals surface area contributed by atoms with E-state index in [-0.39, 0.29) is 0 Å². The third-order valence-corrected chi connectivity index (χ3v) is 4.47. The van der Waals surface area contributed by atoms with Crippen LogP contribution in [0.3, 0.4) is 0 Å². The molecule has 0 aliphatic carbocycles. The Morgan fingerprint density at radius 1 is 0.944 bits per heavy atom. The fourth-order valence-corrected chi connectivity index (χ4v) is 2.95. The standard InChI is InChI=1S/C17H27Br/c1-2-3-4-5-6-8-13-17(15-18)14-16-11-9-7-10-12-16/h7,9-12,17H,2-6,8,13-15H2,1H3. The lowest BCUT2D eigenvalue weighted by Crippen LogP contribution is -2.06. The van der Waals surface area contributed by atoms with Crippen LogP contribution in [0.25, 0.3) is 0 Å². The van der Waals surface area contributed by atoms with Crippen LogP contribution in [0.4, 0.5) is 0 Å². The highest BCUT2D eigenvalue weighted by atomic mass is 79.9. The van der Waals surface area contributed by atoms with Gasteiger partial charge < -0.3 is 0 Å². The molecule has 0 saturated heterocycles. The summed E-state index contributed by atoms with van der Waals surface area (Å²) in [6.45, 7) is 2.28. The smallest absolute Gasteiger partial charge is 0.00628 e. The second-order valence-corrected chi connectivity index (χ2v) is 5.91.